The highest BCUT2D eigenvalue weighted by atomic mass is 35.5. The molecule has 0 amide bonds. The van der Waals surface area contributed by atoms with Crippen molar-refractivity contribution in [3.63, 3.8) is 0 Å². The van der Waals surface area contributed by atoms with E-state index in [1.165, 1.54) is 6.26 Å². The summed E-state index contributed by atoms with van der Waals surface area (Å²) in [6.45, 7) is 0. The first kappa shape index (κ1) is 15.0. The third-order valence-electron chi connectivity index (χ3n) is 3.15. The zero-order valence-corrected chi connectivity index (χ0v) is 12.9. The molecule has 2 rings (SSSR count). The molecule has 0 aliphatic heterocycles. The molecule has 0 aromatic heterocycles. The van der Waals surface area contributed by atoms with E-state index in [4.69, 9.17) is 11.6 Å². The Labute approximate surface area is 124 Å². The van der Waals surface area contributed by atoms with Gasteiger partial charge in [-0.15, -0.1) is 0 Å². The second-order valence-corrected chi connectivity index (χ2v) is 7.01. The van der Waals surface area contributed by atoms with Crippen LogP contribution in [0.1, 0.15) is 17.2 Å². The van der Waals surface area contributed by atoms with Gasteiger partial charge in [-0.25, -0.2) is 8.42 Å². The normalized spacial score (nSPS) is 13.2. The molecule has 3 nitrogen and oxygen atoms in total. The van der Waals surface area contributed by atoms with Crippen molar-refractivity contribution in [1.29, 1.82) is 0 Å². The highest BCUT2D eigenvalue weighted by Crippen LogP contribution is 2.28. The van der Waals surface area contributed by atoms with Crippen molar-refractivity contribution >= 4 is 21.4 Å². The van der Waals surface area contributed by atoms with E-state index in [9.17, 15) is 8.42 Å². The van der Waals surface area contributed by atoms with Crippen molar-refractivity contribution in [2.24, 2.45) is 0 Å². The monoisotopic (exact) mass is 309 g/mol. The molecular formula is C15H16ClNO2S. The van der Waals surface area contributed by atoms with Crippen LogP contribution in [0.15, 0.2) is 53.4 Å². The fraction of sp³-hybridized carbons (Fsp3) is 0.200. The van der Waals surface area contributed by atoms with Gasteiger partial charge in [-0.3, -0.25) is 0 Å². The van der Waals surface area contributed by atoms with Crippen LogP contribution in [-0.4, -0.2) is 21.7 Å². The third-order valence-corrected chi connectivity index (χ3v) is 4.62. The number of sulfone groups is 1. The molecule has 0 bridgehead atoms. The number of halogens is 1. The number of hydrogen-bond acceptors (Lipinski definition) is 3. The SMILES string of the molecule is CNC(c1ccc(S(C)(=O)=O)cc1)c1ccccc1Cl. The van der Waals surface area contributed by atoms with Gasteiger partial charge < -0.3 is 5.32 Å². The van der Waals surface area contributed by atoms with Crippen molar-refractivity contribution < 1.29 is 8.42 Å². The lowest BCUT2D eigenvalue weighted by molar-refractivity contribution is 0.601. The minimum Gasteiger partial charge on any atom is -0.309 e. The quantitative estimate of drug-likeness (QED) is 0.944. The van der Waals surface area contributed by atoms with E-state index in [0.29, 0.717) is 9.92 Å². The lowest BCUT2D eigenvalue weighted by atomic mass is 9.99. The van der Waals surface area contributed by atoms with Crippen LogP contribution in [0.3, 0.4) is 0 Å². The van der Waals surface area contributed by atoms with Gasteiger partial charge in [0, 0.05) is 11.3 Å². The molecule has 0 aliphatic carbocycles. The van der Waals surface area contributed by atoms with Gasteiger partial charge in [0.2, 0.25) is 0 Å². The predicted molar refractivity (Wildman–Crippen MR) is 81.9 cm³/mol. The van der Waals surface area contributed by atoms with Crippen LogP contribution >= 0.6 is 11.6 Å². The minimum absolute atomic E-state index is 0.0719. The summed E-state index contributed by atoms with van der Waals surface area (Å²) in [7, 11) is -1.33. The van der Waals surface area contributed by atoms with E-state index in [2.05, 4.69) is 5.32 Å². The van der Waals surface area contributed by atoms with Gasteiger partial charge in [0.15, 0.2) is 9.84 Å². The van der Waals surface area contributed by atoms with Gasteiger partial charge in [-0.05, 0) is 36.4 Å². The van der Waals surface area contributed by atoms with Crippen LogP contribution in [0.4, 0.5) is 0 Å². The fourth-order valence-electron chi connectivity index (χ4n) is 2.12. The summed E-state index contributed by atoms with van der Waals surface area (Å²) < 4.78 is 22.9. The molecule has 0 aliphatic rings. The van der Waals surface area contributed by atoms with Crippen LogP contribution in [0.5, 0.6) is 0 Å². The Morgan fingerprint density at radius 2 is 1.65 bits per heavy atom. The van der Waals surface area contributed by atoms with E-state index >= 15 is 0 Å². The van der Waals surface area contributed by atoms with Crippen LogP contribution < -0.4 is 5.32 Å². The predicted octanol–water partition coefficient (Wildman–Crippen LogP) is 3.05. The van der Waals surface area contributed by atoms with Crippen LogP contribution in [0.2, 0.25) is 5.02 Å². The summed E-state index contributed by atoms with van der Waals surface area (Å²) >= 11 is 6.22. The topological polar surface area (TPSA) is 46.2 Å². The maximum Gasteiger partial charge on any atom is 0.175 e. The van der Waals surface area contributed by atoms with E-state index in [1.54, 1.807) is 24.3 Å². The van der Waals surface area contributed by atoms with Crippen molar-refractivity contribution in [1.82, 2.24) is 5.32 Å². The van der Waals surface area contributed by atoms with Gasteiger partial charge in [0.05, 0.1) is 10.9 Å². The average molecular weight is 310 g/mol. The Balaban J connectivity index is 2.41. The second kappa shape index (κ2) is 5.95. The summed E-state index contributed by atoms with van der Waals surface area (Å²) in [5.41, 5.74) is 1.93. The summed E-state index contributed by atoms with van der Waals surface area (Å²) in [5.74, 6) is 0. The minimum atomic E-state index is -3.17. The Kier molecular flexibility index (Phi) is 4.48. The Hall–Kier alpha value is -1.36. The highest BCUT2D eigenvalue weighted by molar-refractivity contribution is 7.90. The Morgan fingerprint density at radius 1 is 1.05 bits per heavy atom. The lowest BCUT2D eigenvalue weighted by Gasteiger charge is -2.18. The van der Waals surface area contributed by atoms with E-state index < -0.39 is 9.84 Å². The zero-order chi connectivity index (χ0) is 14.8. The molecule has 0 spiro atoms. The molecule has 2 aromatic rings. The van der Waals surface area contributed by atoms with Gasteiger partial charge in [-0.2, -0.15) is 0 Å². The molecule has 0 saturated heterocycles. The first-order chi connectivity index (χ1) is 9.43. The first-order valence-corrected chi connectivity index (χ1v) is 8.42. The Morgan fingerprint density at radius 3 is 2.15 bits per heavy atom. The van der Waals surface area contributed by atoms with E-state index in [-0.39, 0.29) is 6.04 Å². The molecule has 1 unspecified atom stereocenters. The molecule has 1 atom stereocenters. The molecule has 0 saturated carbocycles. The summed E-state index contributed by atoms with van der Waals surface area (Å²) in [6, 6.07) is 14.4. The average Bonchev–Trinajstić information content (AvgIpc) is 2.41. The number of rotatable bonds is 4. The molecule has 1 N–H and O–H groups in total. The second-order valence-electron chi connectivity index (χ2n) is 4.58. The van der Waals surface area contributed by atoms with Crippen LogP contribution in [0.25, 0.3) is 0 Å². The van der Waals surface area contributed by atoms with Crippen LogP contribution in [-0.2, 0) is 9.84 Å². The van der Waals surface area contributed by atoms with Gasteiger partial charge in [0.1, 0.15) is 0 Å². The third kappa shape index (κ3) is 3.20. The largest absolute Gasteiger partial charge is 0.309 e. The Bertz CT molecular complexity index is 696. The van der Waals surface area contributed by atoms with E-state index in [1.807, 2.05) is 31.3 Å². The maximum atomic E-state index is 11.5. The molecule has 106 valence electrons. The van der Waals surface area contributed by atoms with Crippen molar-refractivity contribution in [3.05, 3.63) is 64.7 Å². The number of nitrogens with one attached hydrogen (secondary N) is 1. The van der Waals surface area contributed by atoms with Crippen molar-refractivity contribution in [2.75, 3.05) is 13.3 Å². The molecule has 20 heavy (non-hydrogen) atoms. The highest BCUT2D eigenvalue weighted by Gasteiger charge is 2.15. The number of benzene rings is 2. The molecule has 0 radical (unpaired) electrons. The van der Waals surface area contributed by atoms with Crippen molar-refractivity contribution in [2.45, 2.75) is 10.9 Å². The summed E-state index contributed by atoms with van der Waals surface area (Å²) in [4.78, 5) is 0.315. The first-order valence-electron chi connectivity index (χ1n) is 6.15. The standard InChI is InChI=1S/C15H16ClNO2S/c1-17-15(13-5-3-4-6-14(13)16)11-7-9-12(10-8-11)20(2,18)19/h3-10,15,17H,1-2H3. The van der Waals surface area contributed by atoms with Crippen molar-refractivity contribution in [3.8, 4) is 0 Å². The fourth-order valence-corrected chi connectivity index (χ4v) is 2.99. The van der Waals surface area contributed by atoms with Crippen LogP contribution in [0, 0.1) is 0 Å². The number of hydrogen-bond donors (Lipinski definition) is 1. The van der Waals surface area contributed by atoms with Gasteiger partial charge in [0.25, 0.3) is 0 Å². The molecular weight excluding hydrogens is 294 g/mol. The molecule has 2 aromatic carbocycles. The molecule has 0 fully saturated rings. The van der Waals surface area contributed by atoms with E-state index in [0.717, 1.165) is 11.1 Å². The summed E-state index contributed by atoms with van der Waals surface area (Å²) in [5, 5.41) is 3.88. The summed E-state index contributed by atoms with van der Waals surface area (Å²) in [6.07, 6.45) is 1.20. The molecule has 5 heteroatoms. The molecule has 0 heterocycles. The lowest BCUT2D eigenvalue weighted by Crippen LogP contribution is -2.18. The smallest absolute Gasteiger partial charge is 0.175 e. The van der Waals surface area contributed by atoms with Gasteiger partial charge in [-0.1, -0.05) is 41.9 Å². The zero-order valence-electron chi connectivity index (χ0n) is 11.3. The van der Waals surface area contributed by atoms with Gasteiger partial charge >= 0.3 is 0 Å². The maximum absolute atomic E-state index is 11.5.